The predicted octanol–water partition coefficient (Wildman–Crippen LogP) is 3.44. The van der Waals surface area contributed by atoms with Crippen LogP contribution in [0.4, 0.5) is 13.2 Å². The van der Waals surface area contributed by atoms with Crippen LogP contribution in [0.5, 0.6) is 0 Å². The number of nitrogens with zero attached hydrogens (tertiary/aromatic N) is 3. The van der Waals surface area contributed by atoms with Gasteiger partial charge in [-0.05, 0) is 17.5 Å². The van der Waals surface area contributed by atoms with Crippen LogP contribution in [0, 0.1) is 0 Å². The molecular formula is C14H10ClF3N4OS. The number of alkyl halides is 3. The average Bonchev–Trinajstić information content (AvgIpc) is 3.15. The van der Waals surface area contributed by atoms with Gasteiger partial charge in [0, 0.05) is 19.2 Å². The molecule has 0 aliphatic heterocycles. The van der Waals surface area contributed by atoms with Crippen LogP contribution in [0.15, 0.2) is 29.8 Å². The van der Waals surface area contributed by atoms with E-state index in [9.17, 15) is 18.0 Å². The Hall–Kier alpha value is -2.13. The third kappa shape index (κ3) is 3.36. The Labute approximate surface area is 143 Å². The normalized spacial score (nSPS) is 11.8. The van der Waals surface area contributed by atoms with Crippen molar-refractivity contribution in [1.29, 1.82) is 0 Å². The molecule has 3 heterocycles. The van der Waals surface area contributed by atoms with Gasteiger partial charge >= 0.3 is 6.18 Å². The summed E-state index contributed by atoms with van der Waals surface area (Å²) in [7, 11) is 0. The summed E-state index contributed by atoms with van der Waals surface area (Å²) in [6.07, 6.45) is -3.04. The van der Waals surface area contributed by atoms with Crippen molar-refractivity contribution < 1.29 is 18.0 Å². The van der Waals surface area contributed by atoms with Gasteiger partial charge in [0.1, 0.15) is 11.4 Å². The predicted molar refractivity (Wildman–Crippen MR) is 83.4 cm³/mol. The van der Waals surface area contributed by atoms with Crippen molar-refractivity contribution in [3.63, 3.8) is 0 Å². The molecular weight excluding hydrogens is 365 g/mol. The van der Waals surface area contributed by atoms with E-state index < -0.39 is 11.7 Å². The minimum Gasteiger partial charge on any atom is -0.351 e. The Morgan fingerprint density at radius 3 is 2.83 bits per heavy atom. The fraction of sp³-hybridized carbons (Fsp3) is 0.214. The number of aromatic nitrogens is 3. The molecule has 3 aromatic heterocycles. The number of pyridine rings is 1. The molecule has 1 amide bonds. The molecule has 0 spiro atoms. The molecule has 1 N–H and O–H groups in total. The van der Waals surface area contributed by atoms with Crippen molar-refractivity contribution in [3.8, 4) is 0 Å². The quantitative estimate of drug-likeness (QED) is 0.761. The number of rotatable bonds is 4. The Morgan fingerprint density at radius 2 is 2.17 bits per heavy atom. The fourth-order valence-electron chi connectivity index (χ4n) is 2.17. The summed E-state index contributed by atoms with van der Waals surface area (Å²) in [6.45, 7) is 0.214. The standard InChI is InChI=1S/C14H10ClF3N4OS/c15-8-6-9(14(16,17)18)12-21-20-11(22(12)7-8)3-4-19-13(23)10-2-1-5-24-10/h1-2,5-7H,3-4H2,(H,19,23). The zero-order chi connectivity index (χ0) is 17.3. The Morgan fingerprint density at radius 1 is 1.38 bits per heavy atom. The van der Waals surface area contributed by atoms with Gasteiger partial charge in [-0.2, -0.15) is 13.2 Å². The van der Waals surface area contributed by atoms with Gasteiger partial charge in [0.05, 0.1) is 9.90 Å². The van der Waals surface area contributed by atoms with Gasteiger partial charge in [-0.25, -0.2) is 0 Å². The van der Waals surface area contributed by atoms with Crippen LogP contribution in [-0.2, 0) is 12.6 Å². The summed E-state index contributed by atoms with van der Waals surface area (Å²) in [5.74, 6) is 0.0392. The molecule has 0 aromatic carbocycles. The van der Waals surface area contributed by atoms with E-state index in [-0.39, 0.29) is 35.4 Å². The number of amides is 1. The number of hydrogen-bond donors (Lipinski definition) is 1. The molecule has 3 aromatic rings. The first-order valence-electron chi connectivity index (χ1n) is 6.78. The van der Waals surface area contributed by atoms with E-state index >= 15 is 0 Å². The highest BCUT2D eigenvalue weighted by atomic mass is 35.5. The van der Waals surface area contributed by atoms with E-state index in [2.05, 4.69) is 15.5 Å². The first kappa shape index (κ1) is 16.7. The molecule has 126 valence electrons. The van der Waals surface area contributed by atoms with Gasteiger partial charge in [-0.1, -0.05) is 17.7 Å². The van der Waals surface area contributed by atoms with Crippen molar-refractivity contribution in [3.05, 3.63) is 51.1 Å². The van der Waals surface area contributed by atoms with Crippen LogP contribution in [0.1, 0.15) is 21.1 Å². The van der Waals surface area contributed by atoms with Gasteiger partial charge in [0.15, 0.2) is 5.65 Å². The van der Waals surface area contributed by atoms with Crippen molar-refractivity contribution in [2.45, 2.75) is 12.6 Å². The van der Waals surface area contributed by atoms with Gasteiger partial charge in [-0.15, -0.1) is 21.5 Å². The highest BCUT2D eigenvalue weighted by molar-refractivity contribution is 7.12. The maximum Gasteiger partial charge on any atom is 0.420 e. The molecule has 0 aliphatic carbocycles. The summed E-state index contributed by atoms with van der Waals surface area (Å²) < 4.78 is 40.3. The topological polar surface area (TPSA) is 59.3 Å². The van der Waals surface area contributed by atoms with Crippen LogP contribution in [0.25, 0.3) is 5.65 Å². The second-order valence-electron chi connectivity index (χ2n) is 4.86. The van der Waals surface area contributed by atoms with Crippen molar-refractivity contribution in [2.24, 2.45) is 0 Å². The molecule has 0 atom stereocenters. The molecule has 5 nitrogen and oxygen atoms in total. The first-order valence-corrected chi connectivity index (χ1v) is 8.04. The van der Waals surface area contributed by atoms with Gasteiger partial charge in [0.2, 0.25) is 0 Å². The van der Waals surface area contributed by atoms with E-state index in [0.717, 1.165) is 6.07 Å². The number of carbonyl (C=O) groups excluding carboxylic acids is 1. The van der Waals surface area contributed by atoms with Gasteiger partial charge in [-0.3, -0.25) is 9.20 Å². The minimum absolute atomic E-state index is 0.0708. The Kier molecular flexibility index (Phi) is 4.46. The summed E-state index contributed by atoms with van der Waals surface area (Å²) >= 11 is 7.07. The van der Waals surface area contributed by atoms with Crippen molar-refractivity contribution in [2.75, 3.05) is 6.54 Å². The first-order chi connectivity index (χ1) is 11.4. The monoisotopic (exact) mass is 374 g/mol. The maximum atomic E-state index is 13.0. The molecule has 24 heavy (non-hydrogen) atoms. The third-order valence-electron chi connectivity index (χ3n) is 3.23. The lowest BCUT2D eigenvalue weighted by atomic mass is 10.2. The summed E-state index contributed by atoms with van der Waals surface area (Å²) in [5, 5.41) is 11.8. The summed E-state index contributed by atoms with van der Waals surface area (Å²) in [6, 6.07) is 4.25. The summed E-state index contributed by atoms with van der Waals surface area (Å²) in [5.41, 5.74) is -1.26. The molecule has 0 unspecified atom stereocenters. The van der Waals surface area contributed by atoms with E-state index in [1.54, 1.807) is 17.5 Å². The zero-order valence-electron chi connectivity index (χ0n) is 12.0. The number of hydrogen-bond acceptors (Lipinski definition) is 4. The SMILES string of the molecule is O=C(NCCc1nnc2c(C(F)(F)F)cc(Cl)cn12)c1cccs1. The molecule has 0 radical (unpaired) electrons. The molecule has 0 saturated carbocycles. The van der Waals surface area contributed by atoms with Crippen molar-refractivity contribution >= 4 is 34.5 Å². The highest BCUT2D eigenvalue weighted by Gasteiger charge is 2.35. The lowest BCUT2D eigenvalue weighted by Gasteiger charge is -2.09. The number of carbonyl (C=O) groups is 1. The van der Waals surface area contributed by atoms with Crippen LogP contribution >= 0.6 is 22.9 Å². The maximum absolute atomic E-state index is 13.0. The minimum atomic E-state index is -4.58. The van der Waals surface area contributed by atoms with Crippen LogP contribution < -0.4 is 5.32 Å². The van der Waals surface area contributed by atoms with Crippen LogP contribution in [-0.4, -0.2) is 27.0 Å². The van der Waals surface area contributed by atoms with Crippen LogP contribution in [0.3, 0.4) is 0 Å². The Balaban J connectivity index is 1.78. The van der Waals surface area contributed by atoms with E-state index in [0.29, 0.717) is 4.88 Å². The second-order valence-corrected chi connectivity index (χ2v) is 6.25. The smallest absolute Gasteiger partial charge is 0.351 e. The molecule has 0 fully saturated rings. The largest absolute Gasteiger partial charge is 0.420 e. The van der Waals surface area contributed by atoms with E-state index in [1.165, 1.54) is 21.9 Å². The number of fused-ring (bicyclic) bond motifs is 1. The molecule has 10 heteroatoms. The zero-order valence-corrected chi connectivity index (χ0v) is 13.5. The van der Waals surface area contributed by atoms with Gasteiger partial charge < -0.3 is 5.32 Å². The van der Waals surface area contributed by atoms with E-state index in [1.807, 2.05) is 0 Å². The molecule has 3 rings (SSSR count). The lowest BCUT2D eigenvalue weighted by Crippen LogP contribution is -2.25. The number of nitrogens with one attached hydrogen (secondary N) is 1. The van der Waals surface area contributed by atoms with E-state index in [4.69, 9.17) is 11.6 Å². The molecule has 0 saturated heterocycles. The second kappa shape index (κ2) is 6.40. The number of halogens is 4. The van der Waals surface area contributed by atoms with Crippen molar-refractivity contribution in [1.82, 2.24) is 19.9 Å². The fourth-order valence-corrected chi connectivity index (χ4v) is 3.01. The van der Waals surface area contributed by atoms with Gasteiger partial charge in [0.25, 0.3) is 5.91 Å². The van der Waals surface area contributed by atoms with Crippen LogP contribution in [0.2, 0.25) is 5.02 Å². The average molecular weight is 375 g/mol. The highest BCUT2D eigenvalue weighted by Crippen LogP contribution is 2.33. The molecule has 0 bridgehead atoms. The molecule has 0 aliphatic rings. The summed E-state index contributed by atoms with van der Waals surface area (Å²) in [4.78, 5) is 12.4. The Bertz CT molecular complexity index is 876. The number of thiophene rings is 1. The lowest BCUT2D eigenvalue weighted by molar-refractivity contribution is -0.136. The third-order valence-corrected chi connectivity index (χ3v) is 4.30.